The van der Waals surface area contributed by atoms with Crippen LogP contribution in [0.5, 0.6) is 0 Å². The van der Waals surface area contributed by atoms with E-state index < -0.39 is 0 Å². The standard InChI is InChI=1S/C10H18N4O2S/c1-4-14-8(5-11)12-13-10(14)17-6-9(15)16-7(2)3/h7H,4-6,11H2,1-3H3. The maximum absolute atomic E-state index is 11.4. The maximum atomic E-state index is 11.4. The SMILES string of the molecule is CCn1c(CN)nnc1SCC(=O)OC(C)C. The first-order chi connectivity index (χ1) is 8.08. The Morgan fingerprint density at radius 2 is 2.24 bits per heavy atom. The molecule has 0 saturated heterocycles. The molecule has 1 rings (SSSR count). The number of carbonyl (C=O) groups excluding carboxylic acids is 1. The number of hydrogen-bond acceptors (Lipinski definition) is 6. The summed E-state index contributed by atoms with van der Waals surface area (Å²) in [6.45, 7) is 6.71. The third-order valence-electron chi connectivity index (χ3n) is 1.98. The number of rotatable bonds is 6. The molecule has 0 aromatic carbocycles. The molecule has 0 bridgehead atoms. The highest BCUT2D eigenvalue weighted by atomic mass is 32.2. The Balaban J connectivity index is 2.57. The highest BCUT2D eigenvalue weighted by Crippen LogP contribution is 2.17. The summed E-state index contributed by atoms with van der Waals surface area (Å²) in [5.74, 6) is 0.720. The van der Waals surface area contributed by atoms with Crippen molar-refractivity contribution < 1.29 is 9.53 Å². The van der Waals surface area contributed by atoms with Crippen molar-refractivity contribution in [3.63, 3.8) is 0 Å². The predicted octanol–water partition coefficient (Wildman–Crippen LogP) is 0.800. The molecule has 17 heavy (non-hydrogen) atoms. The van der Waals surface area contributed by atoms with Gasteiger partial charge in [0.15, 0.2) is 5.16 Å². The zero-order valence-corrected chi connectivity index (χ0v) is 11.2. The van der Waals surface area contributed by atoms with Gasteiger partial charge in [-0.2, -0.15) is 0 Å². The van der Waals surface area contributed by atoms with Crippen LogP contribution >= 0.6 is 11.8 Å². The van der Waals surface area contributed by atoms with Gasteiger partial charge in [-0.15, -0.1) is 10.2 Å². The van der Waals surface area contributed by atoms with Gasteiger partial charge in [-0.05, 0) is 20.8 Å². The van der Waals surface area contributed by atoms with Crippen molar-refractivity contribution in [3.05, 3.63) is 5.82 Å². The van der Waals surface area contributed by atoms with Gasteiger partial charge in [0.2, 0.25) is 0 Å². The monoisotopic (exact) mass is 258 g/mol. The van der Waals surface area contributed by atoms with Crippen LogP contribution < -0.4 is 5.73 Å². The Morgan fingerprint density at radius 1 is 1.53 bits per heavy atom. The van der Waals surface area contributed by atoms with E-state index in [1.807, 2.05) is 25.3 Å². The van der Waals surface area contributed by atoms with Crippen LogP contribution in [0.4, 0.5) is 0 Å². The van der Waals surface area contributed by atoms with Crippen LogP contribution in [0.1, 0.15) is 26.6 Å². The van der Waals surface area contributed by atoms with Gasteiger partial charge in [-0.1, -0.05) is 11.8 Å². The number of hydrogen-bond donors (Lipinski definition) is 1. The smallest absolute Gasteiger partial charge is 0.316 e. The van der Waals surface area contributed by atoms with E-state index in [1.165, 1.54) is 11.8 Å². The minimum absolute atomic E-state index is 0.0910. The van der Waals surface area contributed by atoms with Gasteiger partial charge in [0.25, 0.3) is 0 Å². The Morgan fingerprint density at radius 3 is 2.76 bits per heavy atom. The molecule has 7 heteroatoms. The van der Waals surface area contributed by atoms with E-state index in [2.05, 4.69) is 10.2 Å². The van der Waals surface area contributed by atoms with E-state index >= 15 is 0 Å². The second-order valence-electron chi connectivity index (χ2n) is 3.67. The van der Waals surface area contributed by atoms with Crippen molar-refractivity contribution in [2.75, 3.05) is 5.75 Å². The Labute approximate surface area is 105 Å². The first-order valence-electron chi connectivity index (χ1n) is 5.52. The highest BCUT2D eigenvalue weighted by molar-refractivity contribution is 7.99. The minimum Gasteiger partial charge on any atom is -0.462 e. The van der Waals surface area contributed by atoms with Gasteiger partial charge in [-0.25, -0.2) is 0 Å². The molecular weight excluding hydrogens is 240 g/mol. The van der Waals surface area contributed by atoms with E-state index in [4.69, 9.17) is 10.5 Å². The molecule has 6 nitrogen and oxygen atoms in total. The molecule has 96 valence electrons. The third-order valence-corrected chi connectivity index (χ3v) is 2.92. The zero-order chi connectivity index (χ0) is 12.8. The number of thioether (sulfide) groups is 1. The van der Waals surface area contributed by atoms with Gasteiger partial charge in [0.05, 0.1) is 18.4 Å². The van der Waals surface area contributed by atoms with Crippen LogP contribution in [0.15, 0.2) is 5.16 Å². The van der Waals surface area contributed by atoms with Crippen LogP contribution in [-0.4, -0.2) is 32.6 Å². The van der Waals surface area contributed by atoms with Crippen molar-refractivity contribution in [1.29, 1.82) is 0 Å². The molecule has 0 aliphatic heterocycles. The molecule has 0 saturated carbocycles. The minimum atomic E-state index is -0.245. The summed E-state index contributed by atoms with van der Waals surface area (Å²) < 4.78 is 6.93. The normalized spacial score (nSPS) is 10.9. The molecule has 0 atom stereocenters. The summed E-state index contributed by atoms with van der Waals surface area (Å²) in [4.78, 5) is 11.4. The molecule has 0 aliphatic rings. The number of nitrogens with zero attached hydrogens (tertiary/aromatic N) is 3. The largest absolute Gasteiger partial charge is 0.462 e. The quantitative estimate of drug-likeness (QED) is 0.600. The number of nitrogens with two attached hydrogens (primary N) is 1. The fourth-order valence-electron chi connectivity index (χ4n) is 1.31. The lowest BCUT2D eigenvalue weighted by atomic mass is 10.5. The van der Waals surface area contributed by atoms with Crippen LogP contribution in [-0.2, 0) is 22.6 Å². The number of esters is 1. The molecule has 0 amide bonds. The van der Waals surface area contributed by atoms with Crippen molar-refractivity contribution in [2.45, 2.75) is 45.1 Å². The summed E-state index contributed by atoms with van der Waals surface area (Å²) in [6.07, 6.45) is -0.0910. The lowest BCUT2D eigenvalue weighted by Gasteiger charge is -2.08. The van der Waals surface area contributed by atoms with E-state index in [1.54, 1.807) is 0 Å². The van der Waals surface area contributed by atoms with Gasteiger partial charge >= 0.3 is 5.97 Å². The van der Waals surface area contributed by atoms with Crippen molar-refractivity contribution in [2.24, 2.45) is 5.73 Å². The van der Waals surface area contributed by atoms with Gasteiger partial charge in [0.1, 0.15) is 5.82 Å². The lowest BCUT2D eigenvalue weighted by molar-refractivity contribution is -0.144. The lowest BCUT2D eigenvalue weighted by Crippen LogP contribution is -2.14. The molecule has 0 unspecified atom stereocenters. The third kappa shape index (κ3) is 4.01. The van der Waals surface area contributed by atoms with Crippen LogP contribution in [0.25, 0.3) is 0 Å². The summed E-state index contributed by atoms with van der Waals surface area (Å²) in [5, 5.41) is 8.66. The molecule has 0 aliphatic carbocycles. The molecule has 1 aromatic rings. The topological polar surface area (TPSA) is 83.0 Å². The molecular formula is C10H18N4O2S. The Kier molecular flexibility index (Phi) is 5.43. The summed E-state index contributed by atoms with van der Waals surface area (Å²) in [5.41, 5.74) is 5.54. The fraction of sp³-hybridized carbons (Fsp3) is 0.700. The first-order valence-corrected chi connectivity index (χ1v) is 6.51. The predicted molar refractivity (Wildman–Crippen MR) is 65.5 cm³/mol. The zero-order valence-electron chi connectivity index (χ0n) is 10.3. The van der Waals surface area contributed by atoms with Crippen molar-refractivity contribution in [1.82, 2.24) is 14.8 Å². The van der Waals surface area contributed by atoms with Crippen LogP contribution in [0.2, 0.25) is 0 Å². The summed E-state index contributed by atoms with van der Waals surface area (Å²) in [7, 11) is 0. The number of aromatic nitrogens is 3. The average molecular weight is 258 g/mol. The number of carbonyl (C=O) groups is 1. The number of ether oxygens (including phenoxy) is 1. The van der Waals surface area contributed by atoms with Gasteiger partial charge in [-0.3, -0.25) is 4.79 Å². The van der Waals surface area contributed by atoms with E-state index in [0.717, 1.165) is 12.4 Å². The summed E-state index contributed by atoms with van der Waals surface area (Å²) >= 11 is 1.32. The maximum Gasteiger partial charge on any atom is 0.316 e. The van der Waals surface area contributed by atoms with Gasteiger partial charge in [0, 0.05) is 6.54 Å². The molecule has 0 fully saturated rings. The highest BCUT2D eigenvalue weighted by Gasteiger charge is 2.13. The second kappa shape index (κ2) is 6.61. The molecule has 1 heterocycles. The Bertz CT molecular complexity index is 378. The van der Waals surface area contributed by atoms with E-state index in [9.17, 15) is 4.79 Å². The molecule has 1 aromatic heterocycles. The van der Waals surface area contributed by atoms with Crippen molar-refractivity contribution in [3.8, 4) is 0 Å². The first kappa shape index (κ1) is 14.0. The second-order valence-corrected chi connectivity index (χ2v) is 4.62. The molecule has 2 N–H and O–H groups in total. The van der Waals surface area contributed by atoms with E-state index in [-0.39, 0.29) is 17.8 Å². The van der Waals surface area contributed by atoms with E-state index in [0.29, 0.717) is 11.7 Å². The summed E-state index contributed by atoms with van der Waals surface area (Å²) in [6, 6.07) is 0. The Hall–Kier alpha value is -1.08. The van der Waals surface area contributed by atoms with Crippen LogP contribution in [0.3, 0.4) is 0 Å². The van der Waals surface area contributed by atoms with Crippen molar-refractivity contribution >= 4 is 17.7 Å². The fourth-order valence-corrected chi connectivity index (χ4v) is 2.12. The van der Waals surface area contributed by atoms with Crippen LogP contribution in [0, 0.1) is 0 Å². The van der Waals surface area contributed by atoms with Gasteiger partial charge < -0.3 is 15.0 Å². The average Bonchev–Trinajstić information content (AvgIpc) is 2.67. The molecule has 0 spiro atoms. The molecule has 0 radical (unpaired) electrons.